The summed E-state index contributed by atoms with van der Waals surface area (Å²) in [5.41, 5.74) is 0.395. The molecule has 0 N–H and O–H groups in total. The fourth-order valence-corrected chi connectivity index (χ4v) is 6.89. The summed E-state index contributed by atoms with van der Waals surface area (Å²) in [7, 11) is -4.02. The van der Waals surface area contributed by atoms with Gasteiger partial charge in [-0.05, 0) is 60.0 Å². The number of sulfonamides is 1. The first kappa shape index (κ1) is 22.1. The Hall–Kier alpha value is -2.74. The van der Waals surface area contributed by atoms with Crippen LogP contribution in [-0.4, -0.2) is 36.6 Å². The number of hydrogen-bond donors (Lipinski definition) is 0. The van der Waals surface area contributed by atoms with E-state index in [0.717, 1.165) is 28.5 Å². The first-order valence-corrected chi connectivity index (χ1v) is 12.8. The summed E-state index contributed by atoms with van der Waals surface area (Å²) in [6.07, 6.45) is 2.95. The van der Waals surface area contributed by atoms with E-state index in [1.807, 2.05) is 24.3 Å². The number of amides is 2. The van der Waals surface area contributed by atoms with Crippen molar-refractivity contribution in [3.05, 3.63) is 71.8 Å². The molecule has 6 nitrogen and oxygen atoms in total. The molecule has 0 aromatic heterocycles. The average molecular weight is 483 g/mol. The van der Waals surface area contributed by atoms with Gasteiger partial charge in [-0.25, -0.2) is 13.3 Å². The number of carbonyl (C=O) groups is 2. The van der Waals surface area contributed by atoms with Gasteiger partial charge in [-0.15, -0.1) is 0 Å². The quantitative estimate of drug-likeness (QED) is 0.491. The molecule has 0 spiro atoms. The van der Waals surface area contributed by atoms with E-state index >= 15 is 0 Å². The molecule has 1 atom stereocenters. The molecule has 2 aliphatic rings. The van der Waals surface area contributed by atoms with Crippen LogP contribution < -0.4 is 4.90 Å². The zero-order valence-electron chi connectivity index (χ0n) is 17.9. The highest BCUT2D eigenvalue weighted by molar-refractivity contribution is 7.89. The summed E-state index contributed by atoms with van der Waals surface area (Å²) in [5.74, 6) is -0.928. The third kappa shape index (κ3) is 3.94. The van der Waals surface area contributed by atoms with Crippen molar-refractivity contribution in [3.63, 3.8) is 0 Å². The van der Waals surface area contributed by atoms with Crippen molar-refractivity contribution in [3.8, 4) is 0 Å². The van der Waals surface area contributed by atoms with Crippen molar-refractivity contribution >= 4 is 49.9 Å². The number of nitrogens with zero attached hydrogens (tertiary/aromatic N) is 2. The summed E-state index contributed by atoms with van der Waals surface area (Å²) in [6, 6.07) is 17.6. The summed E-state index contributed by atoms with van der Waals surface area (Å²) < 4.78 is 29.2. The fraction of sp³-hybridized carbons (Fsp3) is 0.280. The standard InChI is InChI=1S/C25H23ClN2O4S/c26-19-10-12-20(13-11-19)27-24(29)16-23(25(27)30)28(21-7-3-4-8-21)33(31,32)22-14-9-17-5-1-2-6-18(17)15-22/h1-2,5-6,9-15,21,23H,3-4,7-8,16H2. The largest absolute Gasteiger partial charge is 0.274 e. The second-order valence-corrected chi connectivity index (χ2v) is 10.8. The molecule has 1 unspecified atom stereocenters. The number of hydrogen-bond acceptors (Lipinski definition) is 4. The fourth-order valence-electron chi connectivity index (χ4n) is 4.90. The minimum Gasteiger partial charge on any atom is -0.274 e. The Kier molecular flexibility index (Phi) is 5.72. The Bertz CT molecular complexity index is 1330. The molecule has 3 aromatic carbocycles. The Morgan fingerprint density at radius 3 is 2.24 bits per heavy atom. The maximum Gasteiger partial charge on any atom is 0.252 e. The topological polar surface area (TPSA) is 74.8 Å². The van der Waals surface area contributed by atoms with Crippen molar-refractivity contribution in [2.45, 2.75) is 49.1 Å². The number of carbonyl (C=O) groups excluding carboxylic acids is 2. The molecule has 2 amide bonds. The Morgan fingerprint density at radius 1 is 0.879 bits per heavy atom. The molecule has 5 rings (SSSR count). The predicted octanol–water partition coefficient (Wildman–Crippen LogP) is 4.76. The second-order valence-electron chi connectivity index (χ2n) is 8.55. The average Bonchev–Trinajstić information content (AvgIpc) is 3.43. The van der Waals surface area contributed by atoms with Gasteiger partial charge in [0.2, 0.25) is 15.9 Å². The van der Waals surface area contributed by atoms with E-state index in [2.05, 4.69) is 0 Å². The normalized spacial score (nSPS) is 19.8. The second kappa shape index (κ2) is 8.56. The molecule has 2 fully saturated rings. The summed E-state index contributed by atoms with van der Waals surface area (Å²) >= 11 is 5.95. The molecule has 8 heteroatoms. The Labute approximate surface area is 197 Å². The number of rotatable bonds is 5. The van der Waals surface area contributed by atoms with E-state index in [1.54, 1.807) is 42.5 Å². The van der Waals surface area contributed by atoms with Crippen LogP contribution >= 0.6 is 11.6 Å². The Morgan fingerprint density at radius 2 is 1.55 bits per heavy atom. The first-order chi connectivity index (χ1) is 15.9. The maximum absolute atomic E-state index is 13.9. The molecule has 170 valence electrons. The minimum atomic E-state index is -4.02. The van der Waals surface area contributed by atoms with Gasteiger partial charge in [0.05, 0.1) is 17.0 Å². The summed E-state index contributed by atoms with van der Waals surface area (Å²) in [4.78, 5) is 27.6. The number of imide groups is 1. The Balaban J connectivity index is 1.56. The lowest BCUT2D eigenvalue weighted by Crippen LogP contribution is -2.49. The third-order valence-corrected chi connectivity index (χ3v) is 8.71. The van der Waals surface area contributed by atoms with Crippen LogP contribution in [0.15, 0.2) is 71.6 Å². The summed E-state index contributed by atoms with van der Waals surface area (Å²) in [6.45, 7) is 0. The SMILES string of the molecule is O=C1CC(N(C2CCCC2)S(=O)(=O)c2ccc3ccccc3c2)C(=O)N1c1ccc(Cl)cc1. The lowest BCUT2D eigenvalue weighted by Gasteiger charge is -2.32. The highest BCUT2D eigenvalue weighted by Gasteiger charge is 2.49. The van der Waals surface area contributed by atoms with Gasteiger partial charge < -0.3 is 0 Å². The van der Waals surface area contributed by atoms with E-state index < -0.39 is 27.9 Å². The molecule has 1 saturated heterocycles. The molecule has 1 aliphatic heterocycles. The van der Waals surface area contributed by atoms with Gasteiger partial charge in [-0.3, -0.25) is 9.59 Å². The monoisotopic (exact) mass is 482 g/mol. The van der Waals surface area contributed by atoms with Crippen LogP contribution in [0.4, 0.5) is 5.69 Å². The third-order valence-electron chi connectivity index (χ3n) is 6.50. The van der Waals surface area contributed by atoms with E-state index in [9.17, 15) is 18.0 Å². The van der Waals surface area contributed by atoms with Crippen LogP contribution in [0.5, 0.6) is 0 Å². The van der Waals surface area contributed by atoms with Crippen molar-refractivity contribution < 1.29 is 18.0 Å². The van der Waals surface area contributed by atoms with E-state index in [-0.39, 0.29) is 17.4 Å². The van der Waals surface area contributed by atoms with Gasteiger partial charge in [0, 0.05) is 11.1 Å². The summed E-state index contributed by atoms with van der Waals surface area (Å²) in [5, 5.41) is 2.23. The lowest BCUT2D eigenvalue weighted by molar-refractivity contribution is -0.122. The molecule has 0 bridgehead atoms. The highest BCUT2D eigenvalue weighted by atomic mass is 35.5. The highest BCUT2D eigenvalue weighted by Crippen LogP contribution is 2.36. The number of fused-ring (bicyclic) bond motifs is 1. The van der Waals surface area contributed by atoms with Gasteiger partial charge in [-0.2, -0.15) is 4.31 Å². The van der Waals surface area contributed by atoms with E-state index in [1.165, 1.54) is 4.31 Å². The zero-order chi connectivity index (χ0) is 23.2. The van der Waals surface area contributed by atoms with Crippen LogP contribution in [0.2, 0.25) is 5.02 Å². The zero-order valence-corrected chi connectivity index (χ0v) is 19.4. The first-order valence-electron chi connectivity index (χ1n) is 11.0. The maximum atomic E-state index is 13.9. The van der Waals surface area contributed by atoms with Crippen LogP contribution in [0.25, 0.3) is 10.8 Å². The molecular weight excluding hydrogens is 460 g/mol. The predicted molar refractivity (Wildman–Crippen MR) is 128 cm³/mol. The van der Waals surface area contributed by atoms with Gasteiger partial charge >= 0.3 is 0 Å². The van der Waals surface area contributed by atoms with E-state index in [4.69, 9.17) is 11.6 Å². The van der Waals surface area contributed by atoms with Crippen LogP contribution in [0, 0.1) is 0 Å². The van der Waals surface area contributed by atoms with Crippen LogP contribution in [0.1, 0.15) is 32.1 Å². The van der Waals surface area contributed by atoms with Crippen molar-refractivity contribution in [1.82, 2.24) is 4.31 Å². The van der Waals surface area contributed by atoms with Gasteiger partial charge in [0.1, 0.15) is 6.04 Å². The number of benzene rings is 3. The number of halogens is 1. The molecule has 1 saturated carbocycles. The minimum absolute atomic E-state index is 0.137. The van der Waals surface area contributed by atoms with Gasteiger partial charge in [-0.1, -0.05) is 54.8 Å². The molecular formula is C25H23ClN2O4S. The van der Waals surface area contributed by atoms with Gasteiger partial charge in [0.25, 0.3) is 5.91 Å². The van der Waals surface area contributed by atoms with Crippen LogP contribution in [0.3, 0.4) is 0 Å². The van der Waals surface area contributed by atoms with Crippen LogP contribution in [-0.2, 0) is 19.6 Å². The van der Waals surface area contributed by atoms with Crippen molar-refractivity contribution in [1.29, 1.82) is 0 Å². The van der Waals surface area contributed by atoms with Crippen molar-refractivity contribution in [2.24, 2.45) is 0 Å². The molecule has 1 aliphatic carbocycles. The van der Waals surface area contributed by atoms with E-state index in [0.29, 0.717) is 23.6 Å². The smallest absolute Gasteiger partial charge is 0.252 e. The number of anilines is 1. The molecule has 33 heavy (non-hydrogen) atoms. The van der Waals surface area contributed by atoms with Gasteiger partial charge in [0.15, 0.2) is 0 Å². The molecule has 3 aromatic rings. The molecule has 1 heterocycles. The lowest BCUT2D eigenvalue weighted by atomic mass is 10.1. The molecule has 0 radical (unpaired) electrons. The van der Waals surface area contributed by atoms with Crippen molar-refractivity contribution in [2.75, 3.05) is 4.90 Å².